The van der Waals surface area contributed by atoms with E-state index in [0.29, 0.717) is 0 Å². The highest BCUT2D eigenvalue weighted by Crippen LogP contribution is 2.33. The molecule has 10 nitrogen and oxygen atoms in total. The average molecular weight is 610 g/mol. The van der Waals surface area contributed by atoms with Crippen molar-refractivity contribution in [3.05, 3.63) is 0 Å². The molecule has 0 aromatic heterocycles. The van der Waals surface area contributed by atoms with Crippen LogP contribution in [0.5, 0.6) is 0 Å². The number of hydrogen-bond acceptors (Lipinski definition) is 10. The van der Waals surface area contributed by atoms with Crippen LogP contribution < -0.4 is 0 Å². The number of carbonyl (C=O) groups excluding carboxylic acids is 4. The van der Waals surface area contributed by atoms with Gasteiger partial charge in [0.15, 0.2) is 26.7 Å². The summed E-state index contributed by atoms with van der Waals surface area (Å²) in [5, 5.41) is 0. The van der Waals surface area contributed by atoms with E-state index in [-0.39, 0.29) is 6.61 Å². The number of hydrogen-bond donors (Lipinski definition) is 0. The molecule has 0 radical (unpaired) electrons. The molecule has 1 rings (SSSR count). The van der Waals surface area contributed by atoms with Crippen LogP contribution in [0.15, 0.2) is 4.99 Å². The van der Waals surface area contributed by atoms with Gasteiger partial charge in [0, 0.05) is 33.9 Å². The molecule has 29 heavy (non-hydrogen) atoms. The fourth-order valence-electron chi connectivity index (χ4n) is 2.48. The Morgan fingerprint density at radius 3 is 1.79 bits per heavy atom. The molecule has 1 aliphatic heterocycles. The second-order valence-corrected chi connectivity index (χ2v) is 12.9. The van der Waals surface area contributed by atoms with Gasteiger partial charge in [-0.15, -0.1) is 0 Å². The van der Waals surface area contributed by atoms with E-state index >= 15 is 0 Å². The van der Waals surface area contributed by atoms with Gasteiger partial charge in [0.05, 0.1) is 0 Å². The van der Waals surface area contributed by atoms with Crippen molar-refractivity contribution in [1.29, 1.82) is 0 Å². The van der Waals surface area contributed by atoms with Crippen molar-refractivity contribution < 1.29 is 42.9 Å². The Kier molecular flexibility index (Phi) is 10.2. The Bertz CT molecular complexity index is 665. The van der Waals surface area contributed by atoms with E-state index in [1.807, 2.05) is 0 Å². The molecule has 1 fully saturated rings. The number of nitrogens with zero attached hydrogens (tertiary/aromatic N) is 1. The van der Waals surface area contributed by atoms with Crippen molar-refractivity contribution in [1.82, 2.24) is 0 Å². The number of ether oxygens (including phenoxy) is 5. The number of esters is 4. The maximum Gasteiger partial charge on any atom is 0.303 e. The standard InChI is InChI=1S/C16H20Br3NO9/c1-7(21)25-5-11-12(26-8(2)22)13(27-9(3)23)14(28-10(4)24)15(29-11)20-6-16(17,18)19/h6,11-15H,5H2,1-4H3/t11-,12+,13+,14-,15+/m1/s1. The van der Waals surface area contributed by atoms with E-state index in [2.05, 4.69) is 52.8 Å². The number of alkyl halides is 3. The number of halogens is 3. The lowest BCUT2D eigenvalue weighted by atomic mass is 9.97. The van der Waals surface area contributed by atoms with Gasteiger partial charge in [0.25, 0.3) is 0 Å². The minimum absolute atomic E-state index is 0.314. The van der Waals surface area contributed by atoms with Gasteiger partial charge in [-0.05, 0) is 0 Å². The first-order valence-electron chi connectivity index (χ1n) is 8.21. The zero-order chi connectivity index (χ0) is 22.4. The van der Waals surface area contributed by atoms with Crippen molar-refractivity contribution in [3.8, 4) is 0 Å². The minimum atomic E-state index is -1.26. The maximum absolute atomic E-state index is 11.7. The largest absolute Gasteiger partial charge is 0.463 e. The summed E-state index contributed by atoms with van der Waals surface area (Å²) in [5.74, 6) is -2.70. The highest BCUT2D eigenvalue weighted by Gasteiger charge is 2.52. The van der Waals surface area contributed by atoms with Crippen molar-refractivity contribution in [2.75, 3.05) is 6.61 Å². The molecule has 0 aromatic rings. The molecular formula is C16H20Br3NO9. The summed E-state index contributed by atoms with van der Waals surface area (Å²) < 4.78 is 25.7. The average Bonchev–Trinajstić information content (AvgIpc) is 2.53. The molecule has 0 spiro atoms. The highest BCUT2D eigenvalue weighted by molar-refractivity contribution is 9.40. The predicted molar refractivity (Wildman–Crippen MR) is 110 cm³/mol. The number of aliphatic imine (C=N–C) groups is 1. The topological polar surface area (TPSA) is 127 Å². The summed E-state index contributed by atoms with van der Waals surface area (Å²) in [4.78, 5) is 50.4. The second kappa shape index (κ2) is 11.4. The van der Waals surface area contributed by atoms with Gasteiger partial charge >= 0.3 is 23.9 Å². The van der Waals surface area contributed by atoms with Gasteiger partial charge in [-0.1, -0.05) is 47.8 Å². The molecule has 0 saturated carbocycles. The van der Waals surface area contributed by atoms with Crippen LogP contribution in [0.4, 0.5) is 0 Å². The van der Waals surface area contributed by atoms with Crippen molar-refractivity contribution in [2.45, 2.75) is 60.5 Å². The third-order valence-electron chi connectivity index (χ3n) is 3.33. The maximum atomic E-state index is 11.7. The van der Waals surface area contributed by atoms with Crippen LogP contribution in [0.2, 0.25) is 0 Å². The highest BCUT2D eigenvalue weighted by atomic mass is 80.0. The van der Waals surface area contributed by atoms with Crippen LogP contribution in [0.1, 0.15) is 27.7 Å². The molecule has 1 aliphatic rings. The SMILES string of the molecule is CC(=O)OC[C@H]1O[C@H](N=CC(Br)(Br)Br)[C@H](OC(C)=O)[C@@H](OC(C)=O)[C@H]1OC(C)=O. The molecule has 0 aliphatic carbocycles. The molecule has 0 N–H and O–H groups in total. The monoisotopic (exact) mass is 607 g/mol. The minimum Gasteiger partial charge on any atom is -0.463 e. The molecule has 1 saturated heterocycles. The zero-order valence-electron chi connectivity index (χ0n) is 15.9. The van der Waals surface area contributed by atoms with Crippen LogP contribution >= 0.6 is 47.8 Å². The predicted octanol–water partition coefficient (Wildman–Crippen LogP) is 1.98. The molecule has 13 heteroatoms. The van der Waals surface area contributed by atoms with Gasteiger partial charge in [-0.3, -0.25) is 24.2 Å². The summed E-state index contributed by atoms with van der Waals surface area (Å²) in [7, 11) is 0. The van der Waals surface area contributed by atoms with Crippen LogP contribution in [0.25, 0.3) is 0 Å². The van der Waals surface area contributed by atoms with E-state index in [0.717, 1.165) is 20.8 Å². The first-order valence-corrected chi connectivity index (χ1v) is 10.6. The van der Waals surface area contributed by atoms with E-state index in [1.165, 1.54) is 13.1 Å². The third-order valence-corrected chi connectivity index (χ3v) is 3.95. The van der Waals surface area contributed by atoms with Crippen LogP contribution in [0.3, 0.4) is 0 Å². The lowest BCUT2D eigenvalue weighted by Crippen LogP contribution is -2.62. The van der Waals surface area contributed by atoms with Crippen LogP contribution in [-0.4, -0.2) is 69.5 Å². The Hall–Kier alpha value is -1.05. The third kappa shape index (κ3) is 9.53. The summed E-state index contributed by atoms with van der Waals surface area (Å²) in [6.07, 6.45) is -4.56. The lowest BCUT2D eigenvalue weighted by molar-refractivity contribution is -0.250. The normalized spacial score (nSPS) is 27.2. The van der Waals surface area contributed by atoms with Crippen molar-refractivity contribution in [3.63, 3.8) is 0 Å². The van der Waals surface area contributed by atoms with Crippen LogP contribution in [0, 0.1) is 0 Å². The first kappa shape index (κ1) is 26.0. The fraction of sp³-hybridized carbons (Fsp3) is 0.688. The smallest absolute Gasteiger partial charge is 0.303 e. The van der Waals surface area contributed by atoms with E-state index in [4.69, 9.17) is 23.7 Å². The quantitative estimate of drug-likeness (QED) is 0.192. The van der Waals surface area contributed by atoms with Crippen molar-refractivity contribution in [2.24, 2.45) is 4.99 Å². The number of carbonyl (C=O) groups is 4. The van der Waals surface area contributed by atoms with E-state index in [9.17, 15) is 19.2 Å². The fourth-order valence-corrected chi connectivity index (χ4v) is 2.84. The Morgan fingerprint density at radius 1 is 0.862 bits per heavy atom. The molecule has 5 atom stereocenters. The molecule has 0 aromatic carbocycles. The molecule has 0 amide bonds. The lowest BCUT2D eigenvalue weighted by Gasteiger charge is -2.43. The van der Waals surface area contributed by atoms with Crippen LogP contribution in [-0.2, 0) is 42.9 Å². The summed E-state index contributed by atoms with van der Waals surface area (Å²) >= 11 is 9.71. The zero-order valence-corrected chi connectivity index (χ0v) is 20.7. The van der Waals surface area contributed by atoms with Gasteiger partial charge < -0.3 is 23.7 Å². The Balaban J connectivity index is 3.37. The number of rotatable bonds is 6. The second-order valence-electron chi connectivity index (χ2n) is 5.91. The van der Waals surface area contributed by atoms with Gasteiger partial charge in [0.1, 0.15) is 12.7 Å². The molecule has 0 bridgehead atoms. The molecule has 164 valence electrons. The molecule has 0 unspecified atom stereocenters. The Morgan fingerprint density at radius 2 is 1.34 bits per heavy atom. The summed E-state index contributed by atoms with van der Waals surface area (Å²) in [6.45, 7) is 4.32. The van der Waals surface area contributed by atoms with E-state index in [1.54, 1.807) is 0 Å². The summed E-state index contributed by atoms with van der Waals surface area (Å²) in [6, 6.07) is 0. The van der Waals surface area contributed by atoms with Crippen molar-refractivity contribution >= 4 is 77.9 Å². The molecule has 1 heterocycles. The Labute approximate surface area is 192 Å². The molecular weight excluding hydrogens is 590 g/mol. The van der Waals surface area contributed by atoms with Gasteiger partial charge in [-0.2, -0.15) is 0 Å². The van der Waals surface area contributed by atoms with E-state index < -0.39 is 56.7 Å². The van der Waals surface area contributed by atoms with Gasteiger partial charge in [-0.25, -0.2) is 0 Å². The summed E-state index contributed by atoms with van der Waals surface area (Å²) in [5.41, 5.74) is 0. The first-order chi connectivity index (χ1) is 13.3. The van der Waals surface area contributed by atoms with Gasteiger partial charge in [0.2, 0.25) is 0 Å².